The van der Waals surface area contributed by atoms with E-state index in [9.17, 15) is 9.18 Å². The van der Waals surface area contributed by atoms with Gasteiger partial charge >= 0.3 is 0 Å². The fourth-order valence-corrected chi connectivity index (χ4v) is 3.66. The fourth-order valence-electron chi connectivity index (χ4n) is 3.66. The van der Waals surface area contributed by atoms with Gasteiger partial charge in [-0.3, -0.25) is 4.79 Å². The Hall–Kier alpha value is -2.61. The van der Waals surface area contributed by atoms with Gasteiger partial charge in [0.25, 0.3) is 5.91 Å². The number of amides is 1. The summed E-state index contributed by atoms with van der Waals surface area (Å²) in [7, 11) is 0. The summed E-state index contributed by atoms with van der Waals surface area (Å²) in [6.07, 6.45) is 1.07. The van der Waals surface area contributed by atoms with Crippen LogP contribution < -0.4 is 15.1 Å². The van der Waals surface area contributed by atoms with E-state index >= 15 is 0 Å². The largest absolute Gasteiger partial charge is 0.459 e. The van der Waals surface area contributed by atoms with Gasteiger partial charge in [0.2, 0.25) is 0 Å². The van der Waals surface area contributed by atoms with E-state index in [1.54, 1.807) is 6.07 Å². The summed E-state index contributed by atoms with van der Waals surface area (Å²) >= 11 is 0. The van der Waals surface area contributed by atoms with E-state index in [1.807, 2.05) is 24.8 Å². The maximum Gasteiger partial charge on any atom is 0.291 e. The summed E-state index contributed by atoms with van der Waals surface area (Å²) in [4.78, 5) is 21.6. The lowest BCUT2D eigenvalue weighted by atomic mass is 10.2. The molecule has 4 rings (SSSR count). The quantitative estimate of drug-likeness (QED) is 0.868. The van der Waals surface area contributed by atoms with Crippen LogP contribution in [0, 0.1) is 13.8 Å². The summed E-state index contributed by atoms with van der Waals surface area (Å²) in [5, 5.41) is 2.94. The fraction of sp³-hybridized carbons (Fsp3) is 0.500. The molecule has 2 aliphatic rings. The number of nitrogens with zero attached hydrogens (tertiary/aromatic N) is 3. The van der Waals surface area contributed by atoms with Crippen molar-refractivity contribution in [2.75, 3.05) is 54.5 Å². The molecular formula is C20H25FN4O3. The predicted octanol–water partition coefficient (Wildman–Crippen LogP) is 2.93. The van der Waals surface area contributed by atoms with Gasteiger partial charge in [0.1, 0.15) is 12.0 Å². The lowest BCUT2D eigenvalue weighted by molar-refractivity contribution is 0.0995. The molecule has 2 aliphatic heterocycles. The average molecular weight is 388 g/mol. The molecule has 0 saturated carbocycles. The lowest BCUT2D eigenvalue weighted by Crippen LogP contribution is -2.37. The number of ether oxygens (including phenoxy) is 1. The van der Waals surface area contributed by atoms with Gasteiger partial charge in [-0.15, -0.1) is 0 Å². The summed E-state index contributed by atoms with van der Waals surface area (Å²) in [5.41, 5.74) is 2.25. The third-order valence-electron chi connectivity index (χ3n) is 5.26. The SMILES string of the molecule is Cc1ccoc1C(=O)Nc1c(C)cc(N2CCOCC2)nc1N1CCC(F)C1. The van der Waals surface area contributed by atoms with Crippen LogP contribution in [0.15, 0.2) is 22.8 Å². The first-order valence-electron chi connectivity index (χ1n) is 9.61. The van der Waals surface area contributed by atoms with Crippen molar-refractivity contribution in [3.63, 3.8) is 0 Å². The summed E-state index contributed by atoms with van der Waals surface area (Å²) < 4.78 is 24.6. The number of pyridine rings is 1. The van der Waals surface area contributed by atoms with Crippen LogP contribution in [0.4, 0.5) is 21.7 Å². The highest BCUT2D eigenvalue weighted by atomic mass is 19.1. The third kappa shape index (κ3) is 3.69. The number of aromatic nitrogens is 1. The molecule has 0 bridgehead atoms. The van der Waals surface area contributed by atoms with Crippen LogP contribution in [0.1, 0.15) is 28.1 Å². The van der Waals surface area contributed by atoms with E-state index in [1.165, 1.54) is 6.26 Å². The zero-order chi connectivity index (χ0) is 19.7. The van der Waals surface area contributed by atoms with Crippen LogP contribution in [0.3, 0.4) is 0 Å². The average Bonchev–Trinajstić information content (AvgIpc) is 3.32. The number of aryl methyl sites for hydroxylation is 2. The zero-order valence-corrected chi connectivity index (χ0v) is 16.2. The van der Waals surface area contributed by atoms with Gasteiger partial charge < -0.3 is 24.3 Å². The first-order valence-corrected chi connectivity index (χ1v) is 9.61. The Morgan fingerprint density at radius 1 is 1.21 bits per heavy atom. The molecule has 2 aromatic heterocycles. The topological polar surface area (TPSA) is 70.8 Å². The molecule has 150 valence electrons. The number of halogens is 1. The van der Waals surface area contributed by atoms with E-state index in [-0.39, 0.29) is 18.2 Å². The summed E-state index contributed by atoms with van der Waals surface area (Å²) in [6, 6.07) is 3.71. The summed E-state index contributed by atoms with van der Waals surface area (Å²) in [6.45, 7) is 7.43. The van der Waals surface area contributed by atoms with Crippen LogP contribution in [0.2, 0.25) is 0 Å². The number of carbonyl (C=O) groups is 1. The number of carbonyl (C=O) groups excluding carboxylic acids is 1. The summed E-state index contributed by atoms with van der Waals surface area (Å²) in [5.74, 6) is 1.38. The number of hydrogen-bond acceptors (Lipinski definition) is 6. The second kappa shape index (κ2) is 7.79. The molecule has 7 nitrogen and oxygen atoms in total. The molecule has 8 heteroatoms. The smallest absolute Gasteiger partial charge is 0.291 e. The van der Waals surface area contributed by atoms with E-state index in [0.717, 1.165) is 30.0 Å². The van der Waals surface area contributed by atoms with Gasteiger partial charge in [-0.05, 0) is 38.0 Å². The number of anilines is 3. The van der Waals surface area contributed by atoms with Gasteiger partial charge in [-0.2, -0.15) is 0 Å². The Labute approximate surface area is 163 Å². The van der Waals surface area contributed by atoms with Crippen molar-refractivity contribution in [1.82, 2.24) is 4.98 Å². The number of hydrogen-bond donors (Lipinski definition) is 1. The second-order valence-electron chi connectivity index (χ2n) is 7.31. The van der Waals surface area contributed by atoms with Crippen molar-refractivity contribution in [1.29, 1.82) is 0 Å². The van der Waals surface area contributed by atoms with Gasteiger partial charge in [0.05, 0.1) is 31.7 Å². The normalized spacial score (nSPS) is 19.9. The van der Waals surface area contributed by atoms with Gasteiger partial charge in [-0.25, -0.2) is 9.37 Å². The first kappa shape index (κ1) is 18.7. The molecule has 4 heterocycles. The highest BCUT2D eigenvalue weighted by Gasteiger charge is 2.28. The van der Waals surface area contributed by atoms with Crippen molar-refractivity contribution >= 4 is 23.2 Å². The van der Waals surface area contributed by atoms with Crippen LogP contribution in [-0.2, 0) is 4.74 Å². The molecule has 2 saturated heterocycles. The molecule has 2 aromatic rings. The van der Waals surface area contributed by atoms with Crippen molar-refractivity contribution in [2.24, 2.45) is 0 Å². The molecule has 2 fully saturated rings. The molecule has 1 amide bonds. The molecule has 0 aliphatic carbocycles. The van der Waals surface area contributed by atoms with Gasteiger partial charge in [0.15, 0.2) is 11.6 Å². The maximum absolute atomic E-state index is 13.9. The van der Waals surface area contributed by atoms with Crippen molar-refractivity contribution in [2.45, 2.75) is 26.4 Å². The molecule has 0 radical (unpaired) electrons. The monoisotopic (exact) mass is 388 g/mol. The third-order valence-corrected chi connectivity index (χ3v) is 5.26. The maximum atomic E-state index is 13.9. The number of nitrogens with one attached hydrogen (secondary N) is 1. The van der Waals surface area contributed by atoms with E-state index in [0.29, 0.717) is 37.7 Å². The number of alkyl halides is 1. The molecule has 0 spiro atoms. The molecule has 0 aromatic carbocycles. The van der Waals surface area contributed by atoms with E-state index in [4.69, 9.17) is 14.1 Å². The Bertz CT molecular complexity index is 863. The van der Waals surface area contributed by atoms with Crippen LogP contribution in [0.25, 0.3) is 0 Å². The number of furan rings is 1. The Balaban J connectivity index is 1.69. The molecule has 1 atom stereocenters. The minimum absolute atomic E-state index is 0.271. The van der Waals surface area contributed by atoms with Crippen molar-refractivity contribution in [3.05, 3.63) is 35.3 Å². The van der Waals surface area contributed by atoms with Gasteiger partial charge in [0, 0.05) is 25.2 Å². The molecule has 1 N–H and O–H groups in total. The molecular weight excluding hydrogens is 363 g/mol. The predicted molar refractivity (Wildman–Crippen MR) is 105 cm³/mol. The Morgan fingerprint density at radius 3 is 2.64 bits per heavy atom. The van der Waals surface area contributed by atoms with Crippen LogP contribution in [-0.4, -0.2) is 56.5 Å². The van der Waals surface area contributed by atoms with E-state index in [2.05, 4.69) is 10.2 Å². The Morgan fingerprint density at radius 2 is 2.00 bits per heavy atom. The Kier molecular flexibility index (Phi) is 5.21. The number of rotatable bonds is 4. The van der Waals surface area contributed by atoms with Crippen molar-refractivity contribution < 1.29 is 18.3 Å². The zero-order valence-electron chi connectivity index (χ0n) is 16.2. The standard InChI is InChI=1S/C20H25FN4O3/c1-13-4-8-28-18(13)20(26)23-17-14(2)11-16(24-6-9-27-10-7-24)22-19(17)25-5-3-15(21)12-25/h4,8,11,15H,3,5-7,9-10,12H2,1-2H3,(H,23,26). The minimum atomic E-state index is -0.884. The van der Waals surface area contributed by atoms with Crippen molar-refractivity contribution in [3.8, 4) is 0 Å². The van der Waals surface area contributed by atoms with Crippen LogP contribution in [0.5, 0.6) is 0 Å². The first-order chi connectivity index (χ1) is 13.5. The molecule has 28 heavy (non-hydrogen) atoms. The number of morpholine rings is 1. The van der Waals surface area contributed by atoms with Gasteiger partial charge in [-0.1, -0.05) is 0 Å². The minimum Gasteiger partial charge on any atom is -0.459 e. The lowest BCUT2D eigenvalue weighted by Gasteiger charge is -2.30. The second-order valence-corrected chi connectivity index (χ2v) is 7.31. The van der Waals surface area contributed by atoms with E-state index < -0.39 is 6.17 Å². The van der Waals surface area contributed by atoms with Crippen LogP contribution >= 0.6 is 0 Å². The highest BCUT2D eigenvalue weighted by molar-refractivity contribution is 6.05. The molecule has 1 unspecified atom stereocenters. The highest BCUT2D eigenvalue weighted by Crippen LogP contribution is 2.34.